The van der Waals surface area contributed by atoms with Gasteiger partial charge in [0.05, 0.1) is 12.8 Å². The summed E-state index contributed by atoms with van der Waals surface area (Å²) < 4.78 is 5.26. The molecule has 1 fully saturated rings. The van der Waals surface area contributed by atoms with Gasteiger partial charge in [-0.1, -0.05) is 11.6 Å². The van der Waals surface area contributed by atoms with Gasteiger partial charge in [-0.25, -0.2) is 0 Å². The third kappa shape index (κ3) is 2.53. The normalized spacial score (nSPS) is 19.8. The molecule has 3 nitrogen and oxygen atoms in total. The molecule has 1 aromatic carbocycles. The van der Waals surface area contributed by atoms with Crippen molar-refractivity contribution in [2.45, 2.75) is 6.42 Å². The van der Waals surface area contributed by atoms with Crippen LogP contribution < -0.4 is 9.64 Å². The van der Waals surface area contributed by atoms with Gasteiger partial charge in [0, 0.05) is 18.0 Å². The average molecular weight is 272 g/mol. The van der Waals surface area contributed by atoms with Gasteiger partial charge in [-0.2, -0.15) is 12.6 Å². The van der Waals surface area contributed by atoms with Crippen molar-refractivity contribution in [1.29, 1.82) is 0 Å². The molecule has 1 atom stereocenters. The molecule has 1 aromatic rings. The molecule has 1 amide bonds. The number of thiol groups is 1. The van der Waals surface area contributed by atoms with Crippen LogP contribution >= 0.6 is 24.2 Å². The summed E-state index contributed by atoms with van der Waals surface area (Å²) in [6.45, 7) is 0.680. The van der Waals surface area contributed by atoms with Gasteiger partial charge in [0.2, 0.25) is 5.91 Å². The monoisotopic (exact) mass is 271 g/mol. The zero-order chi connectivity index (χ0) is 12.4. The summed E-state index contributed by atoms with van der Waals surface area (Å²) in [4.78, 5) is 13.6. The van der Waals surface area contributed by atoms with E-state index in [0.717, 1.165) is 5.69 Å². The molecule has 2 rings (SSSR count). The number of methoxy groups -OCH3 is 1. The van der Waals surface area contributed by atoms with E-state index in [1.165, 1.54) is 0 Å². The van der Waals surface area contributed by atoms with Gasteiger partial charge in [-0.05, 0) is 29.9 Å². The van der Waals surface area contributed by atoms with Gasteiger partial charge >= 0.3 is 0 Å². The van der Waals surface area contributed by atoms with Crippen molar-refractivity contribution in [3.63, 3.8) is 0 Å². The average Bonchev–Trinajstić information content (AvgIpc) is 2.70. The first-order chi connectivity index (χ1) is 8.15. The SMILES string of the molecule is COc1ccc(Cl)cc1N1CC(CS)CC1=O. The number of benzene rings is 1. The number of ether oxygens (including phenoxy) is 1. The van der Waals surface area contributed by atoms with Crippen LogP contribution in [0.25, 0.3) is 0 Å². The Morgan fingerprint density at radius 1 is 1.59 bits per heavy atom. The molecule has 17 heavy (non-hydrogen) atoms. The number of carbonyl (C=O) groups is 1. The molecular formula is C12H14ClNO2S. The van der Waals surface area contributed by atoms with Crippen LogP contribution in [-0.4, -0.2) is 25.3 Å². The summed E-state index contributed by atoms with van der Waals surface area (Å²) in [5.74, 6) is 1.78. The lowest BCUT2D eigenvalue weighted by Crippen LogP contribution is -2.25. The molecule has 1 aliphatic rings. The third-order valence-electron chi connectivity index (χ3n) is 2.90. The van der Waals surface area contributed by atoms with E-state index >= 15 is 0 Å². The predicted molar refractivity (Wildman–Crippen MR) is 72.3 cm³/mol. The Bertz CT molecular complexity index is 439. The zero-order valence-electron chi connectivity index (χ0n) is 9.52. The quantitative estimate of drug-likeness (QED) is 0.857. The predicted octanol–water partition coefficient (Wildman–Crippen LogP) is 2.63. The number of carbonyl (C=O) groups excluding carboxylic acids is 1. The Kier molecular flexibility index (Phi) is 3.84. The Morgan fingerprint density at radius 2 is 2.35 bits per heavy atom. The molecule has 1 heterocycles. The topological polar surface area (TPSA) is 29.5 Å². The second-order valence-electron chi connectivity index (χ2n) is 4.07. The molecule has 0 N–H and O–H groups in total. The fourth-order valence-electron chi connectivity index (χ4n) is 2.01. The molecule has 1 unspecified atom stereocenters. The summed E-state index contributed by atoms with van der Waals surface area (Å²) >= 11 is 10.2. The number of amides is 1. The highest BCUT2D eigenvalue weighted by Gasteiger charge is 2.31. The van der Waals surface area contributed by atoms with Crippen LogP contribution in [-0.2, 0) is 4.79 Å². The molecule has 0 saturated carbocycles. The lowest BCUT2D eigenvalue weighted by molar-refractivity contribution is -0.117. The molecule has 92 valence electrons. The fourth-order valence-corrected chi connectivity index (χ4v) is 2.42. The maximum absolute atomic E-state index is 11.9. The van der Waals surface area contributed by atoms with E-state index < -0.39 is 0 Å². The van der Waals surface area contributed by atoms with Crippen molar-refractivity contribution >= 4 is 35.8 Å². The number of halogens is 1. The molecule has 0 bridgehead atoms. The van der Waals surface area contributed by atoms with E-state index in [2.05, 4.69) is 12.6 Å². The third-order valence-corrected chi connectivity index (χ3v) is 3.65. The van der Waals surface area contributed by atoms with Crippen LogP contribution in [0.15, 0.2) is 18.2 Å². The van der Waals surface area contributed by atoms with Crippen molar-refractivity contribution in [2.24, 2.45) is 5.92 Å². The molecule has 0 spiro atoms. The van der Waals surface area contributed by atoms with Crippen molar-refractivity contribution in [3.05, 3.63) is 23.2 Å². The molecule has 0 aromatic heterocycles. The Labute approximate surface area is 111 Å². The number of hydrogen-bond acceptors (Lipinski definition) is 3. The minimum atomic E-state index is 0.101. The second-order valence-corrected chi connectivity index (χ2v) is 4.87. The summed E-state index contributed by atoms with van der Waals surface area (Å²) in [5.41, 5.74) is 0.745. The van der Waals surface area contributed by atoms with Crippen molar-refractivity contribution < 1.29 is 9.53 Å². The Balaban J connectivity index is 2.33. The fraction of sp³-hybridized carbons (Fsp3) is 0.417. The van der Waals surface area contributed by atoms with E-state index in [-0.39, 0.29) is 5.91 Å². The number of anilines is 1. The van der Waals surface area contributed by atoms with Crippen LogP contribution in [0.4, 0.5) is 5.69 Å². The minimum Gasteiger partial charge on any atom is -0.495 e. The summed E-state index contributed by atoms with van der Waals surface area (Å²) in [6, 6.07) is 5.29. The van der Waals surface area contributed by atoms with E-state index in [0.29, 0.717) is 35.4 Å². The maximum atomic E-state index is 11.9. The first kappa shape index (κ1) is 12.6. The first-order valence-electron chi connectivity index (χ1n) is 5.40. The highest BCUT2D eigenvalue weighted by molar-refractivity contribution is 7.80. The van der Waals surface area contributed by atoms with E-state index in [1.807, 2.05) is 0 Å². The number of rotatable bonds is 3. The van der Waals surface area contributed by atoms with Crippen LogP contribution in [0.2, 0.25) is 5.02 Å². The van der Waals surface area contributed by atoms with Crippen molar-refractivity contribution in [2.75, 3.05) is 24.3 Å². The van der Waals surface area contributed by atoms with Gasteiger partial charge in [0.15, 0.2) is 0 Å². The van der Waals surface area contributed by atoms with Gasteiger partial charge in [0.1, 0.15) is 5.75 Å². The van der Waals surface area contributed by atoms with Gasteiger partial charge in [0.25, 0.3) is 0 Å². The van der Waals surface area contributed by atoms with Gasteiger partial charge < -0.3 is 9.64 Å². The van der Waals surface area contributed by atoms with Crippen LogP contribution in [0, 0.1) is 5.92 Å². The smallest absolute Gasteiger partial charge is 0.227 e. The zero-order valence-corrected chi connectivity index (χ0v) is 11.2. The largest absolute Gasteiger partial charge is 0.495 e. The maximum Gasteiger partial charge on any atom is 0.227 e. The molecule has 5 heteroatoms. The van der Waals surface area contributed by atoms with Crippen LogP contribution in [0.3, 0.4) is 0 Å². The molecule has 1 saturated heterocycles. The molecular weight excluding hydrogens is 258 g/mol. The number of hydrogen-bond donors (Lipinski definition) is 1. The molecule has 0 aliphatic carbocycles. The first-order valence-corrected chi connectivity index (χ1v) is 6.41. The summed E-state index contributed by atoms with van der Waals surface area (Å²) in [5, 5.41) is 0.600. The molecule has 0 radical (unpaired) electrons. The molecule has 1 aliphatic heterocycles. The standard InChI is InChI=1S/C12H14ClNO2S/c1-16-11-3-2-9(13)5-10(11)14-6-8(7-17)4-12(14)15/h2-3,5,8,17H,4,6-7H2,1H3. The lowest BCUT2D eigenvalue weighted by Gasteiger charge is -2.19. The summed E-state index contributed by atoms with van der Waals surface area (Å²) in [6.07, 6.45) is 0.541. The minimum absolute atomic E-state index is 0.101. The van der Waals surface area contributed by atoms with Crippen molar-refractivity contribution in [1.82, 2.24) is 0 Å². The van der Waals surface area contributed by atoms with E-state index in [1.54, 1.807) is 30.2 Å². The van der Waals surface area contributed by atoms with Gasteiger partial charge in [-0.15, -0.1) is 0 Å². The van der Waals surface area contributed by atoms with Gasteiger partial charge in [-0.3, -0.25) is 4.79 Å². The van der Waals surface area contributed by atoms with Crippen molar-refractivity contribution in [3.8, 4) is 5.75 Å². The number of nitrogens with zero attached hydrogens (tertiary/aromatic N) is 1. The highest BCUT2D eigenvalue weighted by atomic mass is 35.5. The highest BCUT2D eigenvalue weighted by Crippen LogP contribution is 2.35. The lowest BCUT2D eigenvalue weighted by atomic mass is 10.1. The van der Waals surface area contributed by atoms with Crippen LogP contribution in [0.1, 0.15) is 6.42 Å². The Morgan fingerprint density at radius 3 is 2.94 bits per heavy atom. The van der Waals surface area contributed by atoms with E-state index in [9.17, 15) is 4.79 Å². The van der Waals surface area contributed by atoms with E-state index in [4.69, 9.17) is 16.3 Å². The van der Waals surface area contributed by atoms with Crippen LogP contribution in [0.5, 0.6) is 5.75 Å². The second kappa shape index (κ2) is 5.19. The Hall–Kier alpha value is -0.870. The summed E-state index contributed by atoms with van der Waals surface area (Å²) in [7, 11) is 1.59.